The Hall–Kier alpha value is -0.760. The summed E-state index contributed by atoms with van der Waals surface area (Å²) >= 11 is 0. The summed E-state index contributed by atoms with van der Waals surface area (Å²) in [4.78, 5) is 0. The minimum atomic E-state index is 0.617. The van der Waals surface area contributed by atoms with Crippen molar-refractivity contribution >= 4 is 0 Å². The van der Waals surface area contributed by atoms with Crippen LogP contribution in [0.25, 0.3) is 0 Å². The predicted octanol–water partition coefficient (Wildman–Crippen LogP) is 1.80. The molecule has 0 amide bonds. The van der Waals surface area contributed by atoms with Gasteiger partial charge in [-0.15, -0.1) is 0 Å². The molecule has 0 bridgehead atoms. The number of aromatic nitrogens is 1. The highest BCUT2D eigenvalue weighted by atomic mass is 15.1. The van der Waals surface area contributed by atoms with Crippen LogP contribution in [0.15, 0.2) is 24.5 Å². The Labute approximate surface area is 73.6 Å². The fourth-order valence-electron chi connectivity index (χ4n) is 2.00. The van der Waals surface area contributed by atoms with Gasteiger partial charge in [0.2, 0.25) is 0 Å². The van der Waals surface area contributed by atoms with Gasteiger partial charge in [0.25, 0.3) is 0 Å². The van der Waals surface area contributed by atoms with Crippen LogP contribution in [0.3, 0.4) is 0 Å². The maximum absolute atomic E-state index is 3.50. The van der Waals surface area contributed by atoms with Gasteiger partial charge in [0, 0.05) is 24.5 Å². The van der Waals surface area contributed by atoms with Crippen LogP contribution in [0.4, 0.5) is 0 Å². The lowest BCUT2D eigenvalue weighted by atomic mass is 10.00. The zero-order valence-corrected chi connectivity index (χ0v) is 7.53. The van der Waals surface area contributed by atoms with Crippen LogP contribution in [0.2, 0.25) is 0 Å². The predicted molar refractivity (Wildman–Crippen MR) is 50.2 cm³/mol. The monoisotopic (exact) mass is 164 g/mol. The molecule has 0 radical (unpaired) electrons. The molecule has 0 saturated carbocycles. The zero-order chi connectivity index (χ0) is 8.39. The maximum Gasteiger partial charge on any atom is 0.0481 e. The highest BCUT2D eigenvalue weighted by Crippen LogP contribution is 2.21. The number of rotatable bonds is 1. The van der Waals surface area contributed by atoms with Crippen molar-refractivity contribution in [3.63, 3.8) is 0 Å². The summed E-state index contributed by atoms with van der Waals surface area (Å²) < 4.78 is 2.32. The van der Waals surface area contributed by atoms with Crippen molar-refractivity contribution in [2.45, 2.75) is 31.8 Å². The molecule has 0 unspecified atom stereocenters. The molecule has 1 aliphatic rings. The van der Waals surface area contributed by atoms with Crippen molar-refractivity contribution in [2.75, 3.05) is 6.54 Å². The van der Waals surface area contributed by atoms with Crippen LogP contribution in [0, 0.1) is 0 Å². The third kappa shape index (κ3) is 1.39. The number of nitrogens with zero attached hydrogens (tertiary/aromatic N) is 1. The molecule has 1 aromatic heterocycles. The second-order valence-corrected chi connectivity index (χ2v) is 3.58. The first-order valence-electron chi connectivity index (χ1n) is 4.74. The Morgan fingerprint density at radius 1 is 1.33 bits per heavy atom. The van der Waals surface area contributed by atoms with E-state index in [1.165, 1.54) is 19.4 Å². The number of piperidine rings is 1. The maximum atomic E-state index is 3.50. The summed E-state index contributed by atoms with van der Waals surface area (Å²) in [7, 11) is 0. The van der Waals surface area contributed by atoms with Crippen molar-refractivity contribution in [1.29, 1.82) is 0 Å². The number of nitrogens with one attached hydrogen (secondary N) is 1. The summed E-state index contributed by atoms with van der Waals surface area (Å²) in [6.07, 6.45) is 6.93. The van der Waals surface area contributed by atoms with Crippen LogP contribution in [0.1, 0.15) is 25.8 Å². The summed E-state index contributed by atoms with van der Waals surface area (Å²) in [5.74, 6) is 0. The molecule has 0 spiro atoms. The molecule has 2 atom stereocenters. The van der Waals surface area contributed by atoms with Gasteiger partial charge in [-0.05, 0) is 38.4 Å². The Kier molecular flexibility index (Phi) is 2.17. The Bertz CT molecular complexity index is 228. The molecule has 2 rings (SSSR count). The van der Waals surface area contributed by atoms with Gasteiger partial charge in [-0.3, -0.25) is 0 Å². The molecule has 1 aromatic rings. The van der Waals surface area contributed by atoms with E-state index in [-0.39, 0.29) is 0 Å². The van der Waals surface area contributed by atoms with Crippen molar-refractivity contribution in [2.24, 2.45) is 0 Å². The molecule has 1 N–H and O–H groups in total. The lowest BCUT2D eigenvalue weighted by Gasteiger charge is -2.31. The first kappa shape index (κ1) is 7.87. The van der Waals surface area contributed by atoms with Crippen molar-refractivity contribution in [3.8, 4) is 0 Å². The van der Waals surface area contributed by atoms with Crippen LogP contribution in [-0.4, -0.2) is 17.2 Å². The van der Waals surface area contributed by atoms with Crippen LogP contribution in [-0.2, 0) is 0 Å². The van der Waals surface area contributed by atoms with Gasteiger partial charge in [-0.1, -0.05) is 0 Å². The molecule has 66 valence electrons. The van der Waals surface area contributed by atoms with Gasteiger partial charge >= 0.3 is 0 Å². The highest BCUT2D eigenvalue weighted by Gasteiger charge is 2.20. The van der Waals surface area contributed by atoms with E-state index >= 15 is 0 Å². The van der Waals surface area contributed by atoms with Gasteiger partial charge < -0.3 is 9.88 Å². The van der Waals surface area contributed by atoms with E-state index in [4.69, 9.17) is 0 Å². The normalized spacial score (nSPS) is 30.4. The number of hydrogen-bond donors (Lipinski definition) is 1. The average molecular weight is 164 g/mol. The fourth-order valence-corrected chi connectivity index (χ4v) is 2.00. The quantitative estimate of drug-likeness (QED) is 0.669. The van der Waals surface area contributed by atoms with E-state index in [2.05, 4.69) is 41.3 Å². The van der Waals surface area contributed by atoms with Gasteiger partial charge in [0.1, 0.15) is 0 Å². The molecule has 2 heterocycles. The van der Waals surface area contributed by atoms with E-state index in [0.717, 1.165) is 0 Å². The summed E-state index contributed by atoms with van der Waals surface area (Å²) in [6.45, 7) is 3.45. The molecule has 1 fully saturated rings. The second kappa shape index (κ2) is 3.31. The smallest absolute Gasteiger partial charge is 0.0481 e. The first-order valence-corrected chi connectivity index (χ1v) is 4.74. The highest BCUT2D eigenvalue weighted by molar-refractivity contribution is 4.96. The second-order valence-electron chi connectivity index (χ2n) is 3.58. The number of hydrogen-bond acceptors (Lipinski definition) is 1. The topological polar surface area (TPSA) is 17.0 Å². The summed E-state index contributed by atoms with van der Waals surface area (Å²) in [5, 5.41) is 3.50. The molecule has 0 aliphatic carbocycles. The third-order valence-electron chi connectivity index (χ3n) is 2.73. The van der Waals surface area contributed by atoms with E-state index < -0.39 is 0 Å². The first-order chi connectivity index (χ1) is 5.88. The van der Waals surface area contributed by atoms with E-state index in [0.29, 0.717) is 12.1 Å². The molecule has 2 nitrogen and oxygen atoms in total. The molecule has 12 heavy (non-hydrogen) atoms. The fraction of sp³-hybridized carbons (Fsp3) is 0.600. The zero-order valence-electron chi connectivity index (χ0n) is 7.53. The van der Waals surface area contributed by atoms with Crippen LogP contribution in [0.5, 0.6) is 0 Å². The van der Waals surface area contributed by atoms with Gasteiger partial charge in [-0.2, -0.15) is 0 Å². The van der Waals surface area contributed by atoms with E-state index in [1.807, 2.05) is 0 Å². The van der Waals surface area contributed by atoms with Crippen molar-refractivity contribution < 1.29 is 0 Å². The minimum Gasteiger partial charge on any atom is -0.350 e. The molecule has 0 aromatic carbocycles. The SMILES string of the molecule is C[C@@H]1NCCC[C@@H]1n1cccc1. The Morgan fingerprint density at radius 2 is 2.08 bits per heavy atom. The van der Waals surface area contributed by atoms with Crippen molar-refractivity contribution in [3.05, 3.63) is 24.5 Å². The average Bonchev–Trinajstić information content (AvgIpc) is 2.57. The summed E-state index contributed by atoms with van der Waals surface area (Å²) in [6, 6.07) is 5.47. The van der Waals surface area contributed by atoms with Gasteiger partial charge in [0.05, 0.1) is 0 Å². The lowest BCUT2D eigenvalue weighted by Crippen LogP contribution is -2.39. The standard InChI is InChI=1S/C10H16N2/c1-9-10(5-4-6-11-9)12-7-2-3-8-12/h2-3,7-11H,4-6H2,1H3/t9-,10-/m0/s1. The molecular weight excluding hydrogens is 148 g/mol. The van der Waals surface area contributed by atoms with Gasteiger partial charge in [0.15, 0.2) is 0 Å². The molecular formula is C10H16N2. The van der Waals surface area contributed by atoms with E-state index in [1.54, 1.807) is 0 Å². The van der Waals surface area contributed by atoms with Crippen LogP contribution >= 0.6 is 0 Å². The Balaban J connectivity index is 2.11. The largest absolute Gasteiger partial charge is 0.350 e. The molecule has 1 saturated heterocycles. The Morgan fingerprint density at radius 3 is 2.75 bits per heavy atom. The molecule has 2 heteroatoms. The molecule has 1 aliphatic heterocycles. The van der Waals surface area contributed by atoms with Crippen molar-refractivity contribution in [1.82, 2.24) is 9.88 Å². The summed E-state index contributed by atoms with van der Waals surface area (Å²) in [5.41, 5.74) is 0. The lowest BCUT2D eigenvalue weighted by molar-refractivity contribution is 0.296. The van der Waals surface area contributed by atoms with Gasteiger partial charge in [-0.25, -0.2) is 0 Å². The van der Waals surface area contributed by atoms with Crippen LogP contribution < -0.4 is 5.32 Å². The van der Waals surface area contributed by atoms with E-state index in [9.17, 15) is 0 Å². The third-order valence-corrected chi connectivity index (χ3v) is 2.73. The minimum absolute atomic E-state index is 0.617.